The molecule has 5 heteroatoms. The Morgan fingerprint density at radius 3 is 2.92 bits per heavy atom. The third kappa shape index (κ3) is 3.92. The van der Waals surface area contributed by atoms with Gasteiger partial charge in [0.2, 0.25) is 0 Å². The summed E-state index contributed by atoms with van der Waals surface area (Å²) in [5.74, 6) is 1.98. The normalized spacial score (nSPS) is 19.8. The largest absolute Gasteiger partial charge is 0.490 e. The van der Waals surface area contributed by atoms with Crippen LogP contribution in [0, 0.1) is 5.92 Å². The van der Waals surface area contributed by atoms with Crippen LogP contribution in [0.15, 0.2) is 28.8 Å². The van der Waals surface area contributed by atoms with E-state index in [1.165, 1.54) is 24.8 Å². The quantitative estimate of drug-likeness (QED) is 0.729. The highest BCUT2D eigenvalue weighted by Crippen LogP contribution is 2.33. The van der Waals surface area contributed by atoms with E-state index in [0.29, 0.717) is 23.8 Å². The van der Waals surface area contributed by atoms with Gasteiger partial charge in [0.15, 0.2) is 5.76 Å². The zero-order valence-corrected chi connectivity index (χ0v) is 15.2. The highest BCUT2D eigenvalue weighted by Gasteiger charge is 2.21. The molecule has 0 spiro atoms. The van der Waals surface area contributed by atoms with Gasteiger partial charge in [-0.05, 0) is 49.4 Å². The van der Waals surface area contributed by atoms with Crippen LogP contribution in [0.2, 0.25) is 0 Å². The first-order valence-corrected chi connectivity index (χ1v) is 9.58. The van der Waals surface area contributed by atoms with E-state index in [-0.39, 0.29) is 18.7 Å². The second-order valence-electron chi connectivity index (χ2n) is 7.51. The fourth-order valence-electron chi connectivity index (χ4n) is 3.93. The van der Waals surface area contributed by atoms with Crippen LogP contribution in [0.4, 0.5) is 0 Å². The van der Waals surface area contributed by atoms with Crippen molar-refractivity contribution in [2.45, 2.75) is 64.6 Å². The van der Waals surface area contributed by atoms with Crippen LogP contribution in [0.25, 0.3) is 11.3 Å². The molecule has 2 aromatic rings. The van der Waals surface area contributed by atoms with Crippen LogP contribution in [-0.4, -0.2) is 17.2 Å². The summed E-state index contributed by atoms with van der Waals surface area (Å²) >= 11 is 0. The Hall–Kier alpha value is -2.30. The number of rotatable bonds is 5. The summed E-state index contributed by atoms with van der Waals surface area (Å²) in [5.41, 5.74) is 2.79. The summed E-state index contributed by atoms with van der Waals surface area (Å²) < 4.78 is 16.6. The fraction of sp³-hybridized carbons (Fsp3) is 0.524. The third-order valence-corrected chi connectivity index (χ3v) is 5.30. The molecule has 1 atom stereocenters. The minimum Gasteiger partial charge on any atom is -0.490 e. The maximum Gasteiger partial charge on any atom is 0.306 e. The lowest BCUT2D eigenvalue weighted by molar-refractivity contribution is -0.146. The summed E-state index contributed by atoms with van der Waals surface area (Å²) in [5, 5.41) is 4.04. The molecule has 1 unspecified atom stereocenters. The fourth-order valence-corrected chi connectivity index (χ4v) is 3.93. The molecule has 2 heterocycles. The first-order valence-electron chi connectivity index (χ1n) is 9.58. The van der Waals surface area contributed by atoms with Crippen LogP contribution in [0.1, 0.15) is 56.7 Å². The van der Waals surface area contributed by atoms with Gasteiger partial charge in [0.25, 0.3) is 0 Å². The Labute approximate surface area is 153 Å². The maximum absolute atomic E-state index is 12.0. The highest BCUT2D eigenvalue weighted by atomic mass is 16.5. The van der Waals surface area contributed by atoms with Crippen molar-refractivity contribution >= 4 is 5.97 Å². The highest BCUT2D eigenvalue weighted by molar-refractivity contribution is 5.69. The number of hydrogen-bond acceptors (Lipinski definition) is 5. The SMILES string of the molecule is CC1Cc2cc(-c3cc(COC(=O)CC4CCCCC4)no3)ccc2O1. The number of nitrogens with zero attached hydrogens (tertiary/aromatic N) is 1. The zero-order chi connectivity index (χ0) is 17.9. The van der Waals surface area contributed by atoms with E-state index in [2.05, 4.69) is 18.1 Å². The second kappa shape index (κ2) is 7.52. The second-order valence-corrected chi connectivity index (χ2v) is 7.51. The molecule has 0 amide bonds. The van der Waals surface area contributed by atoms with Gasteiger partial charge in [-0.3, -0.25) is 4.79 Å². The van der Waals surface area contributed by atoms with Crippen molar-refractivity contribution in [2.75, 3.05) is 0 Å². The van der Waals surface area contributed by atoms with Crippen LogP contribution in [0.5, 0.6) is 5.75 Å². The van der Waals surface area contributed by atoms with Crippen molar-refractivity contribution in [1.29, 1.82) is 0 Å². The molecule has 1 aromatic heterocycles. The average Bonchev–Trinajstić information content (AvgIpc) is 3.25. The Morgan fingerprint density at radius 2 is 2.08 bits per heavy atom. The summed E-state index contributed by atoms with van der Waals surface area (Å²) in [7, 11) is 0. The van der Waals surface area contributed by atoms with Gasteiger partial charge in [0.05, 0.1) is 0 Å². The summed E-state index contributed by atoms with van der Waals surface area (Å²) in [6.07, 6.45) is 7.68. The Balaban J connectivity index is 1.33. The molecule has 0 bridgehead atoms. The molecule has 1 aromatic carbocycles. The lowest BCUT2D eigenvalue weighted by Crippen LogP contribution is -2.14. The summed E-state index contributed by atoms with van der Waals surface area (Å²) in [4.78, 5) is 12.0. The number of ether oxygens (including phenoxy) is 2. The monoisotopic (exact) mass is 355 g/mol. The molecule has 2 aliphatic rings. The molecule has 1 saturated carbocycles. The van der Waals surface area contributed by atoms with E-state index in [1.54, 1.807) is 0 Å². The minimum absolute atomic E-state index is 0.134. The number of hydrogen-bond donors (Lipinski definition) is 0. The summed E-state index contributed by atoms with van der Waals surface area (Å²) in [6.45, 7) is 2.23. The van der Waals surface area contributed by atoms with Crippen molar-refractivity contribution in [3.8, 4) is 17.1 Å². The Bertz CT molecular complexity index is 776. The Morgan fingerprint density at radius 1 is 1.23 bits per heavy atom. The van der Waals surface area contributed by atoms with E-state index in [0.717, 1.165) is 30.6 Å². The molecule has 1 fully saturated rings. The third-order valence-electron chi connectivity index (χ3n) is 5.30. The van der Waals surface area contributed by atoms with Gasteiger partial charge >= 0.3 is 5.97 Å². The van der Waals surface area contributed by atoms with Crippen molar-refractivity contribution in [3.05, 3.63) is 35.5 Å². The van der Waals surface area contributed by atoms with Gasteiger partial charge < -0.3 is 14.0 Å². The standard InChI is InChI=1S/C21H25NO4/c1-14-9-17-11-16(7-8-19(17)25-14)20-12-18(22-26-20)13-24-21(23)10-15-5-3-2-4-6-15/h7-8,11-12,14-15H,2-6,9-10,13H2,1H3. The molecule has 26 heavy (non-hydrogen) atoms. The molecule has 138 valence electrons. The molecule has 1 aliphatic heterocycles. The van der Waals surface area contributed by atoms with Gasteiger partial charge in [-0.1, -0.05) is 24.4 Å². The molecule has 5 nitrogen and oxygen atoms in total. The first kappa shape index (κ1) is 17.1. The van der Waals surface area contributed by atoms with E-state index in [4.69, 9.17) is 14.0 Å². The summed E-state index contributed by atoms with van der Waals surface area (Å²) in [6, 6.07) is 7.86. The van der Waals surface area contributed by atoms with Gasteiger partial charge in [-0.25, -0.2) is 0 Å². The number of carbonyl (C=O) groups excluding carboxylic acids is 1. The van der Waals surface area contributed by atoms with E-state index < -0.39 is 0 Å². The molecule has 0 N–H and O–H groups in total. The molecular formula is C21H25NO4. The van der Waals surface area contributed by atoms with Crippen molar-refractivity contribution in [2.24, 2.45) is 5.92 Å². The predicted molar refractivity (Wildman–Crippen MR) is 96.7 cm³/mol. The molecule has 0 saturated heterocycles. The van der Waals surface area contributed by atoms with Crippen LogP contribution in [0.3, 0.4) is 0 Å². The van der Waals surface area contributed by atoms with E-state index >= 15 is 0 Å². The topological polar surface area (TPSA) is 61.6 Å². The average molecular weight is 355 g/mol. The molecule has 4 rings (SSSR count). The van der Waals surface area contributed by atoms with Crippen LogP contribution in [-0.2, 0) is 22.6 Å². The lowest BCUT2D eigenvalue weighted by Gasteiger charge is -2.20. The molecular weight excluding hydrogens is 330 g/mol. The number of carbonyl (C=O) groups is 1. The van der Waals surface area contributed by atoms with Gasteiger partial charge in [-0.2, -0.15) is 0 Å². The van der Waals surface area contributed by atoms with Gasteiger partial charge in [0, 0.05) is 24.5 Å². The smallest absolute Gasteiger partial charge is 0.306 e. The maximum atomic E-state index is 12.0. The number of aromatic nitrogens is 1. The zero-order valence-electron chi connectivity index (χ0n) is 15.2. The molecule has 1 aliphatic carbocycles. The number of benzene rings is 1. The van der Waals surface area contributed by atoms with Crippen molar-refractivity contribution < 1.29 is 18.8 Å². The number of fused-ring (bicyclic) bond motifs is 1. The predicted octanol–water partition coefficient (Wildman–Crippen LogP) is 4.68. The number of esters is 1. The van der Waals surface area contributed by atoms with Crippen LogP contribution < -0.4 is 4.74 Å². The van der Waals surface area contributed by atoms with Gasteiger partial charge in [-0.15, -0.1) is 0 Å². The molecule has 0 radical (unpaired) electrons. The first-order chi connectivity index (χ1) is 12.7. The van der Waals surface area contributed by atoms with Crippen molar-refractivity contribution in [1.82, 2.24) is 5.16 Å². The van der Waals surface area contributed by atoms with E-state index in [1.807, 2.05) is 18.2 Å². The lowest BCUT2D eigenvalue weighted by atomic mass is 9.87. The minimum atomic E-state index is -0.134. The van der Waals surface area contributed by atoms with Crippen LogP contribution >= 0.6 is 0 Å². The van der Waals surface area contributed by atoms with Crippen molar-refractivity contribution in [3.63, 3.8) is 0 Å². The van der Waals surface area contributed by atoms with E-state index in [9.17, 15) is 4.79 Å². The van der Waals surface area contributed by atoms with Gasteiger partial charge in [0.1, 0.15) is 24.2 Å². The Kier molecular flexibility index (Phi) is 4.96.